The van der Waals surface area contributed by atoms with E-state index in [-0.39, 0.29) is 17.2 Å². The van der Waals surface area contributed by atoms with E-state index in [0.717, 1.165) is 11.9 Å². The second-order valence-electron chi connectivity index (χ2n) is 4.03. The van der Waals surface area contributed by atoms with Gasteiger partial charge in [0.25, 0.3) is 0 Å². The minimum atomic E-state index is -3.23. The molecule has 2 atom stereocenters. The van der Waals surface area contributed by atoms with E-state index >= 15 is 0 Å². The summed E-state index contributed by atoms with van der Waals surface area (Å²) in [5.74, 6) is 0. The van der Waals surface area contributed by atoms with Crippen molar-refractivity contribution in [2.75, 3.05) is 18.7 Å². The van der Waals surface area contributed by atoms with Crippen molar-refractivity contribution < 1.29 is 13.2 Å². The second kappa shape index (κ2) is 5.46. The summed E-state index contributed by atoms with van der Waals surface area (Å²) in [5.41, 5.74) is 0.772. The predicted octanol–water partition coefficient (Wildman–Crippen LogP) is 1.32. The van der Waals surface area contributed by atoms with Crippen LogP contribution in [0.1, 0.15) is 13.8 Å². The molecule has 1 N–H and O–H groups in total. The summed E-state index contributed by atoms with van der Waals surface area (Å²) < 4.78 is 27.6. The van der Waals surface area contributed by atoms with Crippen LogP contribution in [-0.4, -0.2) is 38.9 Å². The van der Waals surface area contributed by atoms with Crippen LogP contribution < -0.4 is 5.32 Å². The van der Waals surface area contributed by atoms with E-state index in [1.54, 1.807) is 13.2 Å². The third-order valence-electron chi connectivity index (χ3n) is 2.59. The van der Waals surface area contributed by atoms with Crippen LogP contribution >= 0.6 is 0 Å². The van der Waals surface area contributed by atoms with Crippen LogP contribution in [0.5, 0.6) is 0 Å². The van der Waals surface area contributed by atoms with Gasteiger partial charge in [-0.25, -0.2) is 13.4 Å². The molecule has 0 aliphatic carbocycles. The molecule has 0 aliphatic rings. The van der Waals surface area contributed by atoms with Gasteiger partial charge < -0.3 is 10.1 Å². The smallest absolute Gasteiger partial charge is 0.192 e. The SMILES string of the molecule is COC(C)C(C)Nc1ccc(S(C)(=O)=O)nc1. The van der Waals surface area contributed by atoms with Crippen molar-refractivity contribution in [1.29, 1.82) is 0 Å². The number of hydrogen-bond donors (Lipinski definition) is 1. The van der Waals surface area contributed by atoms with Crippen molar-refractivity contribution in [3.05, 3.63) is 18.3 Å². The highest BCUT2D eigenvalue weighted by atomic mass is 32.2. The molecule has 0 bridgehead atoms. The zero-order chi connectivity index (χ0) is 13.1. The first-order valence-corrected chi connectivity index (χ1v) is 7.19. The maximum atomic E-state index is 11.2. The lowest BCUT2D eigenvalue weighted by atomic mass is 10.2. The van der Waals surface area contributed by atoms with E-state index in [9.17, 15) is 8.42 Å². The summed E-state index contributed by atoms with van der Waals surface area (Å²) in [6.45, 7) is 3.94. The number of rotatable bonds is 5. The first-order chi connectivity index (χ1) is 7.84. The van der Waals surface area contributed by atoms with Crippen molar-refractivity contribution in [1.82, 2.24) is 4.98 Å². The van der Waals surface area contributed by atoms with Gasteiger partial charge in [-0.3, -0.25) is 0 Å². The maximum absolute atomic E-state index is 11.2. The van der Waals surface area contributed by atoms with Gasteiger partial charge in [0, 0.05) is 19.4 Å². The third kappa shape index (κ3) is 3.98. The molecule has 0 aromatic carbocycles. The quantitative estimate of drug-likeness (QED) is 0.862. The third-order valence-corrected chi connectivity index (χ3v) is 3.59. The Morgan fingerprint density at radius 1 is 1.35 bits per heavy atom. The average molecular weight is 258 g/mol. The van der Waals surface area contributed by atoms with Crippen LogP contribution in [0.3, 0.4) is 0 Å². The largest absolute Gasteiger partial charge is 0.380 e. The molecule has 0 aliphatic heterocycles. The van der Waals surface area contributed by atoms with Gasteiger partial charge in [0.1, 0.15) is 0 Å². The number of nitrogens with one attached hydrogen (secondary N) is 1. The van der Waals surface area contributed by atoms with Gasteiger partial charge in [-0.05, 0) is 26.0 Å². The molecular formula is C11H18N2O3S. The van der Waals surface area contributed by atoms with E-state index in [0.29, 0.717) is 0 Å². The fourth-order valence-electron chi connectivity index (χ4n) is 1.27. The molecule has 0 radical (unpaired) electrons. The molecule has 0 amide bonds. The summed E-state index contributed by atoms with van der Waals surface area (Å²) in [7, 11) is -1.59. The van der Waals surface area contributed by atoms with Crippen molar-refractivity contribution in [3.8, 4) is 0 Å². The highest BCUT2D eigenvalue weighted by molar-refractivity contribution is 7.90. The summed E-state index contributed by atoms with van der Waals surface area (Å²) in [6.07, 6.45) is 2.71. The Morgan fingerprint density at radius 2 is 2.00 bits per heavy atom. The number of sulfone groups is 1. The lowest BCUT2D eigenvalue weighted by Crippen LogP contribution is -2.29. The van der Waals surface area contributed by atoms with Crippen LogP contribution in [0.4, 0.5) is 5.69 Å². The number of pyridine rings is 1. The fraction of sp³-hybridized carbons (Fsp3) is 0.545. The lowest BCUT2D eigenvalue weighted by Gasteiger charge is -2.20. The minimum absolute atomic E-state index is 0.0598. The molecule has 1 rings (SSSR count). The Bertz CT molecular complexity index is 456. The van der Waals surface area contributed by atoms with E-state index in [1.807, 2.05) is 13.8 Å². The fourth-order valence-corrected chi connectivity index (χ4v) is 1.83. The first kappa shape index (κ1) is 13.9. The Balaban J connectivity index is 2.76. The highest BCUT2D eigenvalue weighted by Crippen LogP contribution is 2.12. The molecule has 96 valence electrons. The summed E-state index contributed by atoms with van der Waals surface area (Å²) >= 11 is 0. The van der Waals surface area contributed by atoms with Crippen molar-refractivity contribution >= 4 is 15.5 Å². The van der Waals surface area contributed by atoms with Gasteiger partial charge in [-0.1, -0.05) is 0 Å². The number of nitrogens with zero attached hydrogens (tertiary/aromatic N) is 1. The van der Waals surface area contributed by atoms with E-state index in [4.69, 9.17) is 4.74 Å². The van der Waals surface area contributed by atoms with Gasteiger partial charge in [0.15, 0.2) is 14.9 Å². The molecule has 6 heteroatoms. The van der Waals surface area contributed by atoms with Gasteiger partial charge >= 0.3 is 0 Å². The first-order valence-electron chi connectivity index (χ1n) is 5.30. The van der Waals surface area contributed by atoms with E-state index < -0.39 is 9.84 Å². The minimum Gasteiger partial charge on any atom is -0.380 e. The van der Waals surface area contributed by atoms with Crippen LogP contribution in [0, 0.1) is 0 Å². The number of methoxy groups -OCH3 is 1. The Labute approximate surface area is 102 Å². The van der Waals surface area contributed by atoms with Crippen molar-refractivity contribution in [3.63, 3.8) is 0 Å². The molecule has 5 nitrogen and oxygen atoms in total. The molecule has 1 aromatic rings. The predicted molar refractivity (Wildman–Crippen MR) is 66.9 cm³/mol. The Kier molecular flexibility index (Phi) is 4.47. The summed E-state index contributed by atoms with van der Waals surface area (Å²) in [4.78, 5) is 3.90. The molecule has 2 unspecified atom stereocenters. The number of aromatic nitrogens is 1. The van der Waals surface area contributed by atoms with Crippen LogP contribution in [0.15, 0.2) is 23.4 Å². The van der Waals surface area contributed by atoms with E-state index in [1.165, 1.54) is 12.3 Å². The van der Waals surface area contributed by atoms with Gasteiger partial charge in [0.05, 0.1) is 18.0 Å². The Hall–Kier alpha value is -1.14. The molecule has 0 spiro atoms. The normalized spacial score (nSPS) is 15.3. The zero-order valence-corrected chi connectivity index (χ0v) is 11.3. The summed E-state index contributed by atoms with van der Waals surface area (Å²) in [6, 6.07) is 3.30. The topological polar surface area (TPSA) is 68.3 Å². The molecule has 0 fully saturated rings. The van der Waals surface area contributed by atoms with E-state index in [2.05, 4.69) is 10.3 Å². The molecule has 0 saturated heterocycles. The average Bonchev–Trinajstić information content (AvgIpc) is 2.27. The van der Waals surface area contributed by atoms with Gasteiger partial charge in [0.2, 0.25) is 0 Å². The number of ether oxygens (including phenoxy) is 1. The Morgan fingerprint density at radius 3 is 2.41 bits per heavy atom. The summed E-state index contributed by atoms with van der Waals surface area (Å²) in [5, 5.41) is 3.27. The van der Waals surface area contributed by atoms with Crippen molar-refractivity contribution in [2.24, 2.45) is 0 Å². The molecular weight excluding hydrogens is 240 g/mol. The zero-order valence-electron chi connectivity index (χ0n) is 10.5. The van der Waals surface area contributed by atoms with Gasteiger partial charge in [-0.2, -0.15) is 0 Å². The van der Waals surface area contributed by atoms with Crippen molar-refractivity contribution in [2.45, 2.75) is 31.0 Å². The molecule has 17 heavy (non-hydrogen) atoms. The number of anilines is 1. The van der Waals surface area contributed by atoms with Crippen LogP contribution in [0.2, 0.25) is 0 Å². The molecule has 0 saturated carbocycles. The van der Waals surface area contributed by atoms with Gasteiger partial charge in [-0.15, -0.1) is 0 Å². The monoisotopic (exact) mass is 258 g/mol. The van der Waals surface area contributed by atoms with Crippen LogP contribution in [-0.2, 0) is 14.6 Å². The second-order valence-corrected chi connectivity index (χ2v) is 5.99. The standard InChI is InChI=1S/C11H18N2O3S/c1-8(9(2)16-3)13-10-5-6-11(12-7-10)17(4,14)15/h5-9,13H,1-4H3. The number of hydrogen-bond acceptors (Lipinski definition) is 5. The molecule has 1 heterocycles. The lowest BCUT2D eigenvalue weighted by molar-refractivity contribution is 0.106. The highest BCUT2D eigenvalue weighted by Gasteiger charge is 2.12. The van der Waals surface area contributed by atoms with Crippen LogP contribution in [0.25, 0.3) is 0 Å². The maximum Gasteiger partial charge on any atom is 0.192 e. The molecule has 1 aromatic heterocycles.